The summed E-state index contributed by atoms with van der Waals surface area (Å²) in [5, 5.41) is 4.29. The van der Waals surface area contributed by atoms with Crippen LogP contribution in [0.15, 0.2) is 58.3 Å². The van der Waals surface area contributed by atoms with Crippen LogP contribution < -0.4 is 5.32 Å². The zero-order valence-electron chi connectivity index (χ0n) is 11.5. The van der Waals surface area contributed by atoms with Gasteiger partial charge < -0.3 is 9.73 Å². The molecule has 118 valence electrons. The Kier molecular flexibility index (Phi) is 4.11. The molecule has 0 saturated heterocycles. The van der Waals surface area contributed by atoms with Gasteiger partial charge in [0.1, 0.15) is 0 Å². The second kappa shape index (κ2) is 6.21. The number of amides is 1. The third-order valence-electron chi connectivity index (χ3n) is 2.73. The molecule has 6 nitrogen and oxygen atoms in total. The Morgan fingerprint density at radius 1 is 1.22 bits per heavy atom. The Morgan fingerprint density at radius 3 is 2.70 bits per heavy atom. The average molecular weight is 336 g/mol. The zero-order chi connectivity index (χ0) is 16.3. The highest BCUT2D eigenvalue weighted by molar-refractivity contribution is 8.00. The smallest absolute Gasteiger partial charge is 0.378 e. The lowest BCUT2D eigenvalue weighted by molar-refractivity contribution is -0.129. The number of nitrogens with one attached hydrogen (secondary N) is 2. The van der Waals surface area contributed by atoms with Crippen LogP contribution in [-0.4, -0.2) is 26.3 Å². The van der Waals surface area contributed by atoms with Gasteiger partial charge in [0.2, 0.25) is 5.16 Å². The summed E-state index contributed by atoms with van der Waals surface area (Å²) in [4.78, 5) is 15.6. The quantitative estimate of drug-likeness (QED) is 0.698. The van der Waals surface area contributed by atoms with Crippen LogP contribution in [0.5, 0.6) is 0 Å². The zero-order valence-corrected chi connectivity index (χ0v) is 12.3. The van der Waals surface area contributed by atoms with Crippen LogP contribution >= 0.6 is 11.8 Å². The molecule has 0 fully saturated rings. The first-order valence-corrected chi connectivity index (χ1v) is 7.26. The maximum atomic E-state index is 14.0. The second-order valence-corrected chi connectivity index (χ2v) is 5.46. The molecule has 2 N–H and O–H groups in total. The number of rotatable bonds is 5. The van der Waals surface area contributed by atoms with E-state index in [4.69, 9.17) is 4.42 Å². The van der Waals surface area contributed by atoms with Crippen molar-refractivity contribution < 1.29 is 18.0 Å². The third kappa shape index (κ3) is 3.57. The molecule has 2 aromatic heterocycles. The molecule has 0 atom stereocenters. The highest BCUT2D eigenvalue weighted by Gasteiger charge is 2.41. The van der Waals surface area contributed by atoms with Crippen LogP contribution in [0, 0.1) is 0 Å². The lowest BCUT2D eigenvalue weighted by Crippen LogP contribution is -2.31. The fraction of sp³-hybridized carbons (Fsp3) is 0.0714. The van der Waals surface area contributed by atoms with Crippen LogP contribution in [0.4, 0.5) is 14.5 Å². The first-order valence-electron chi connectivity index (χ1n) is 6.44. The molecule has 0 aliphatic carbocycles. The summed E-state index contributed by atoms with van der Waals surface area (Å²) in [5.41, 5.74) is 0.282. The predicted octanol–water partition coefficient (Wildman–Crippen LogP) is 3.39. The first-order chi connectivity index (χ1) is 11.0. The average Bonchev–Trinajstić information content (AvgIpc) is 3.18. The number of hydrogen-bond acceptors (Lipinski definition) is 5. The number of nitrogens with zero attached hydrogens (tertiary/aromatic N) is 2. The number of carbonyl (C=O) groups excluding carboxylic acids is 1. The molecule has 0 saturated carbocycles. The van der Waals surface area contributed by atoms with Gasteiger partial charge in [0.15, 0.2) is 11.6 Å². The number of aromatic nitrogens is 3. The Morgan fingerprint density at radius 2 is 2.00 bits per heavy atom. The summed E-state index contributed by atoms with van der Waals surface area (Å²) in [6.45, 7) is 0. The molecule has 23 heavy (non-hydrogen) atoms. The predicted molar refractivity (Wildman–Crippen MR) is 80.0 cm³/mol. The van der Waals surface area contributed by atoms with Crippen LogP contribution in [0.3, 0.4) is 0 Å². The molecule has 3 rings (SSSR count). The lowest BCUT2D eigenvalue weighted by atomic mass is 10.3. The van der Waals surface area contributed by atoms with Crippen molar-refractivity contribution in [3.8, 4) is 11.6 Å². The minimum atomic E-state index is -3.72. The molecule has 2 heterocycles. The van der Waals surface area contributed by atoms with Crippen molar-refractivity contribution in [1.82, 2.24) is 15.2 Å². The number of hydrogen-bond donors (Lipinski definition) is 2. The van der Waals surface area contributed by atoms with E-state index in [0.29, 0.717) is 5.76 Å². The molecule has 1 amide bonds. The van der Waals surface area contributed by atoms with E-state index in [2.05, 4.69) is 20.5 Å². The van der Waals surface area contributed by atoms with Crippen LogP contribution in [0.1, 0.15) is 0 Å². The van der Waals surface area contributed by atoms with Crippen molar-refractivity contribution in [3.63, 3.8) is 0 Å². The summed E-state index contributed by atoms with van der Waals surface area (Å²) in [5.74, 6) is -0.879. The number of para-hydroxylation sites is 1. The third-order valence-corrected chi connectivity index (χ3v) is 3.54. The Balaban J connectivity index is 1.69. The van der Waals surface area contributed by atoms with Crippen LogP contribution in [0.25, 0.3) is 11.6 Å². The molecule has 0 aliphatic rings. The maximum absolute atomic E-state index is 14.0. The number of aromatic amines is 1. The van der Waals surface area contributed by atoms with E-state index in [9.17, 15) is 13.6 Å². The lowest BCUT2D eigenvalue weighted by Gasteiger charge is -2.13. The monoisotopic (exact) mass is 336 g/mol. The van der Waals surface area contributed by atoms with Gasteiger partial charge in [-0.05, 0) is 24.3 Å². The second-order valence-electron chi connectivity index (χ2n) is 4.38. The summed E-state index contributed by atoms with van der Waals surface area (Å²) in [6.07, 6.45) is 1.42. The normalized spacial score (nSPS) is 11.4. The van der Waals surface area contributed by atoms with Gasteiger partial charge in [0.25, 0.3) is 0 Å². The molecule has 3 aromatic rings. The number of benzene rings is 1. The molecule has 9 heteroatoms. The van der Waals surface area contributed by atoms with Gasteiger partial charge in [-0.25, -0.2) is 0 Å². The van der Waals surface area contributed by atoms with Crippen molar-refractivity contribution in [3.05, 3.63) is 48.7 Å². The van der Waals surface area contributed by atoms with Gasteiger partial charge in [-0.15, -0.1) is 5.10 Å². The van der Waals surface area contributed by atoms with Gasteiger partial charge in [-0.1, -0.05) is 18.2 Å². The van der Waals surface area contributed by atoms with Crippen LogP contribution in [-0.2, 0) is 4.79 Å². The number of thioether (sulfide) groups is 1. The van der Waals surface area contributed by atoms with E-state index in [1.54, 1.807) is 30.3 Å². The van der Waals surface area contributed by atoms with E-state index in [1.807, 2.05) is 0 Å². The molecule has 1 aromatic carbocycles. The summed E-state index contributed by atoms with van der Waals surface area (Å²) in [7, 11) is 0. The molecule has 0 unspecified atom stereocenters. The number of anilines is 1. The van der Waals surface area contributed by atoms with Crippen molar-refractivity contribution in [2.24, 2.45) is 0 Å². The Hall–Kier alpha value is -2.68. The van der Waals surface area contributed by atoms with E-state index in [1.165, 1.54) is 18.4 Å². The number of furan rings is 1. The van der Waals surface area contributed by atoms with Crippen LogP contribution in [0.2, 0.25) is 0 Å². The fourth-order valence-electron chi connectivity index (χ4n) is 1.70. The summed E-state index contributed by atoms with van der Waals surface area (Å²) >= 11 is -0.0492. The van der Waals surface area contributed by atoms with E-state index in [-0.39, 0.29) is 28.4 Å². The van der Waals surface area contributed by atoms with Gasteiger partial charge >= 0.3 is 11.2 Å². The van der Waals surface area contributed by atoms with E-state index in [0.717, 1.165) is 0 Å². The largest absolute Gasteiger partial charge is 0.461 e. The standard InChI is InChI=1S/C14H10F2N4O2S/c15-14(16,12(21)17-9-5-2-1-3-6-9)23-13-18-11(19-20-13)10-7-4-8-22-10/h1-8H,(H,17,21)(H,18,19,20). The number of halogens is 2. The molecular weight excluding hydrogens is 326 g/mol. The minimum Gasteiger partial charge on any atom is -0.461 e. The Labute approximate surface area is 133 Å². The first kappa shape index (κ1) is 15.2. The SMILES string of the molecule is O=C(Nc1ccccc1)C(F)(F)Sc1n[nH]c(-c2ccco2)n1. The molecule has 0 aliphatic heterocycles. The molecule has 0 radical (unpaired) electrons. The molecule has 0 spiro atoms. The summed E-state index contributed by atoms with van der Waals surface area (Å²) in [6, 6.07) is 11.2. The number of alkyl halides is 2. The number of carbonyl (C=O) groups is 1. The van der Waals surface area contributed by atoms with Gasteiger partial charge in [-0.3, -0.25) is 9.89 Å². The minimum absolute atomic E-state index is 0.0492. The molecular formula is C14H10F2N4O2S. The summed E-state index contributed by atoms with van der Waals surface area (Å²) < 4.78 is 33.0. The number of H-pyrrole nitrogens is 1. The topological polar surface area (TPSA) is 83.8 Å². The molecule has 0 bridgehead atoms. The van der Waals surface area contributed by atoms with Crippen molar-refractivity contribution in [2.45, 2.75) is 10.4 Å². The van der Waals surface area contributed by atoms with Gasteiger partial charge in [0.05, 0.1) is 6.26 Å². The fourth-order valence-corrected chi connectivity index (χ4v) is 2.30. The van der Waals surface area contributed by atoms with E-state index < -0.39 is 11.2 Å². The highest BCUT2D eigenvalue weighted by atomic mass is 32.2. The Bertz CT molecular complexity index is 790. The van der Waals surface area contributed by atoms with Gasteiger partial charge in [-0.2, -0.15) is 13.8 Å². The highest BCUT2D eigenvalue weighted by Crippen LogP contribution is 2.35. The van der Waals surface area contributed by atoms with Gasteiger partial charge in [0, 0.05) is 17.4 Å². The van der Waals surface area contributed by atoms with Crippen molar-refractivity contribution in [2.75, 3.05) is 5.32 Å². The van der Waals surface area contributed by atoms with Crippen molar-refractivity contribution in [1.29, 1.82) is 0 Å². The van der Waals surface area contributed by atoms with E-state index >= 15 is 0 Å². The van der Waals surface area contributed by atoms with Crippen molar-refractivity contribution >= 4 is 23.4 Å². The maximum Gasteiger partial charge on any atom is 0.378 e.